The van der Waals surface area contributed by atoms with Crippen LogP contribution in [-0.4, -0.2) is 28.8 Å². The molecule has 6 nitrogen and oxygen atoms in total. The van der Waals surface area contributed by atoms with Crippen molar-refractivity contribution in [2.24, 2.45) is 0 Å². The molecule has 2 heterocycles. The molecule has 0 spiro atoms. The molecule has 0 atom stereocenters. The summed E-state index contributed by atoms with van der Waals surface area (Å²) < 4.78 is 12.3. The lowest BCUT2D eigenvalue weighted by atomic mass is 10.2. The Morgan fingerprint density at radius 1 is 1.19 bits per heavy atom. The van der Waals surface area contributed by atoms with Gasteiger partial charge in [-0.25, -0.2) is 9.97 Å². The molecule has 0 bridgehead atoms. The van der Waals surface area contributed by atoms with Gasteiger partial charge in [0.15, 0.2) is 5.65 Å². The Labute approximate surface area is 126 Å². The van der Waals surface area contributed by atoms with Gasteiger partial charge in [0.1, 0.15) is 17.0 Å². The third-order valence-corrected chi connectivity index (χ3v) is 3.32. The van der Waals surface area contributed by atoms with Crippen LogP contribution in [0, 0.1) is 0 Å². The van der Waals surface area contributed by atoms with Crippen molar-refractivity contribution >= 4 is 28.7 Å². The molecule has 0 saturated carbocycles. The summed E-state index contributed by atoms with van der Waals surface area (Å²) in [6.45, 7) is 0. The number of nitrogens with zero attached hydrogens (tertiary/aromatic N) is 3. The first-order chi connectivity index (χ1) is 10.1. The second kappa shape index (κ2) is 5.14. The predicted molar refractivity (Wildman–Crippen MR) is 81.4 cm³/mol. The lowest BCUT2D eigenvalue weighted by molar-refractivity contribution is 0.393. The van der Waals surface area contributed by atoms with Gasteiger partial charge in [0.2, 0.25) is 5.95 Å². The smallest absolute Gasteiger partial charge is 0.207 e. The van der Waals surface area contributed by atoms with E-state index in [1.807, 2.05) is 12.1 Å². The minimum atomic E-state index is 0.309. The molecule has 1 aromatic carbocycles. The summed E-state index contributed by atoms with van der Waals surface area (Å²) in [4.78, 5) is 8.57. The van der Waals surface area contributed by atoms with Crippen LogP contribution in [0.4, 0.5) is 5.95 Å². The Kier molecular flexibility index (Phi) is 3.31. The molecule has 0 saturated heterocycles. The first kappa shape index (κ1) is 13.5. The Morgan fingerprint density at radius 2 is 2.00 bits per heavy atom. The third-order valence-electron chi connectivity index (χ3n) is 3.12. The number of nitrogen functional groups attached to an aromatic ring is 1. The van der Waals surface area contributed by atoms with Crippen LogP contribution in [-0.2, 0) is 0 Å². The van der Waals surface area contributed by atoms with Gasteiger partial charge in [-0.1, -0.05) is 11.6 Å². The number of hydrogen-bond acceptors (Lipinski definition) is 5. The van der Waals surface area contributed by atoms with Gasteiger partial charge >= 0.3 is 0 Å². The quantitative estimate of drug-likeness (QED) is 0.805. The third kappa shape index (κ3) is 2.23. The van der Waals surface area contributed by atoms with Crippen molar-refractivity contribution in [3.63, 3.8) is 0 Å². The molecule has 3 aromatic rings. The minimum absolute atomic E-state index is 0.309. The van der Waals surface area contributed by atoms with Gasteiger partial charge in [0.25, 0.3) is 0 Å². The van der Waals surface area contributed by atoms with E-state index >= 15 is 0 Å². The molecule has 21 heavy (non-hydrogen) atoms. The van der Waals surface area contributed by atoms with Gasteiger partial charge < -0.3 is 15.2 Å². The van der Waals surface area contributed by atoms with Gasteiger partial charge in [-0.2, -0.15) is 0 Å². The lowest BCUT2D eigenvalue weighted by Gasteiger charge is -2.12. The van der Waals surface area contributed by atoms with E-state index in [-0.39, 0.29) is 0 Å². The van der Waals surface area contributed by atoms with Gasteiger partial charge in [-0.05, 0) is 18.2 Å². The lowest BCUT2D eigenvalue weighted by Crippen LogP contribution is -2.03. The monoisotopic (exact) mass is 304 g/mol. The summed E-state index contributed by atoms with van der Waals surface area (Å²) in [6.07, 6.45) is 1.55. The largest absolute Gasteiger partial charge is 0.497 e. The highest BCUT2D eigenvalue weighted by Gasteiger charge is 2.15. The van der Waals surface area contributed by atoms with Crippen LogP contribution in [0.1, 0.15) is 0 Å². The molecule has 0 unspecified atom stereocenters. The molecule has 2 aromatic heterocycles. The average Bonchev–Trinajstić information content (AvgIpc) is 2.81. The molecule has 3 rings (SSSR count). The molecule has 0 fully saturated rings. The Balaban J connectivity index is 2.27. The number of imidazole rings is 1. The van der Waals surface area contributed by atoms with E-state index in [1.165, 1.54) is 0 Å². The van der Waals surface area contributed by atoms with Gasteiger partial charge in [-0.3, -0.25) is 4.57 Å². The molecular weight excluding hydrogens is 292 g/mol. The summed E-state index contributed by atoms with van der Waals surface area (Å²) in [5.41, 5.74) is 7.98. The summed E-state index contributed by atoms with van der Waals surface area (Å²) in [6, 6.07) is 7.15. The van der Waals surface area contributed by atoms with Crippen LogP contribution < -0.4 is 15.2 Å². The van der Waals surface area contributed by atoms with Crippen molar-refractivity contribution < 1.29 is 9.47 Å². The highest BCUT2D eigenvalue weighted by molar-refractivity contribution is 6.31. The van der Waals surface area contributed by atoms with E-state index in [9.17, 15) is 0 Å². The van der Waals surface area contributed by atoms with E-state index in [0.29, 0.717) is 33.6 Å². The van der Waals surface area contributed by atoms with E-state index in [1.54, 1.807) is 37.1 Å². The fraction of sp³-hybridized carbons (Fsp3) is 0.143. The van der Waals surface area contributed by atoms with Crippen molar-refractivity contribution in [2.75, 3.05) is 20.0 Å². The second-order valence-electron chi connectivity index (χ2n) is 4.34. The second-order valence-corrected chi connectivity index (χ2v) is 4.78. The first-order valence-corrected chi connectivity index (χ1v) is 6.53. The highest BCUT2D eigenvalue weighted by atomic mass is 35.5. The zero-order valence-electron chi connectivity index (χ0n) is 11.5. The van der Waals surface area contributed by atoms with Crippen molar-refractivity contribution in [1.29, 1.82) is 0 Å². The van der Waals surface area contributed by atoms with Crippen LogP contribution in [0.15, 0.2) is 30.5 Å². The summed E-state index contributed by atoms with van der Waals surface area (Å²) >= 11 is 5.93. The Morgan fingerprint density at radius 3 is 2.71 bits per heavy atom. The molecule has 7 heteroatoms. The number of nitrogens with two attached hydrogens (primary N) is 1. The van der Waals surface area contributed by atoms with Crippen LogP contribution in [0.3, 0.4) is 0 Å². The first-order valence-electron chi connectivity index (χ1n) is 6.16. The van der Waals surface area contributed by atoms with Crippen molar-refractivity contribution in [3.8, 4) is 17.2 Å². The number of anilines is 1. The molecule has 0 aliphatic rings. The van der Waals surface area contributed by atoms with Crippen molar-refractivity contribution in [2.45, 2.75) is 0 Å². The standard InChI is InChI=1S/C14H13ClN4O2/c1-20-9-3-4-11(12(6-9)21-2)19-13-10(18-14(19)16)5-8(15)7-17-13/h3-7H,1-2H3,(H2,16,18). The molecule has 0 aliphatic heterocycles. The molecule has 0 radical (unpaired) electrons. The number of pyridine rings is 1. The SMILES string of the molecule is COc1ccc(-n2c(N)nc3cc(Cl)cnc32)c(OC)c1. The number of rotatable bonds is 3. The molecule has 108 valence electrons. The number of aromatic nitrogens is 3. The van der Waals surface area contributed by atoms with Gasteiger partial charge in [0, 0.05) is 12.3 Å². The normalized spacial score (nSPS) is 10.8. The number of fused-ring (bicyclic) bond motifs is 1. The maximum Gasteiger partial charge on any atom is 0.207 e. The molecule has 0 amide bonds. The van der Waals surface area contributed by atoms with Crippen molar-refractivity contribution in [3.05, 3.63) is 35.5 Å². The minimum Gasteiger partial charge on any atom is -0.497 e. The number of ether oxygens (including phenoxy) is 2. The highest BCUT2D eigenvalue weighted by Crippen LogP contribution is 2.32. The number of hydrogen-bond donors (Lipinski definition) is 1. The van der Waals surface area contributed by atoms with Crippen LogP contribution in [0.2, 0.25) is 5.02 Å². The molecule has 2 N–H and O–H groups in total. The fourth-order valence-electron chi connectivity index (χ4n) is 2.16. The van der Waals surface area contributed by atoms with Crippen LogP contribution >= 0.6 is 11.6 Å². The van der Waals surface area contributed by atoms with Crippen LogP contribution in [0.5, 0.6) is 11.5 Å². The van der Waals surface area contributed by atoms with Crippen molar-refractivity contribution in [1.82, 2.24) is 14.5 Å². The Bertz CT molecular complexity index is 816. The maximum atomic E-state index is 6.01. The summed E-state index contributed by atoms with van der Waals surface area (Å²) in [5, 5.41) is 0.508. The number of methoxy groups -OCH3 is 2. The van der Waals surface area contributed by atoms with E-state index in [0.717, 1.165) is 5.69 Å². The molecular formula is C14H13ClN4O2. The zero-order valence-corrected chi connectivity index (χ0v) is 12.3. The maximum absolute atomic E-state index is 6.01. The Hall–Kier alpha value is -2.47. The number of halogens is 1. The van der Waals surface area contributed by atoms with E-state index < -0.39 is 0 Å². The van der Waals surface area contributed by atoms with E-state index in [2.05, 4.69) is 9.97 Å². The summed E-state index contributed by atoms with van der Waals surface area (Å²) in [7, 11) is 3.18. The fourth-order valence-corrected chi connectivity index (χ4v) is 2.32. The van der Waals surface area contributed by atoms with Crippen LogP contribution in [0.25, 0.3) is 16.9 Å². The van der Waals surface area contributed by atoms with E-state index in [4.69, 9.17) is 26.8 Å². The zero-order chi connectivity index (χ0) is 15.0. The predicted octanol–water partition coefficient (Wildman–Crippen LogP) is 2.67. The van der Waals surface area contributed by atoms with Gasteiger partial charge in [0.05, 0.1) is 24.9 Å². The number of benzene rings is 1. The molecule has 0 aliphatic carbocycles. The summed E-state index contributed by atoms with van der Waals surface area (Å²) in [5.74, 6) is 1.61. The topological polar surface area (TPSA) is 75.2 Å². The average molecular weight is 305 g/mol. The van der Waals surface area contributed by atoms with Gasteiger partial charge in [-0.15, -0.1) is 0 Å².